The van der Waals surface area contributed by atoms with Crippen molar-refractivity contribution in [3.05, 3.63) is 35.6 Å². The molecule has 1 saturated heterocycles. The number of hydrogen-bond acceptors (Lipinski definition) is 2. The summed E-state index contributed by atoms with van der Waals surface area (Å²) in [5.74, 6) is -2.41. The third-order valence-corrected chi connectivity index (χ3v) is 3.45. The lowest BCUT2D eigenvalue weighted by atomic mass is 9.83. The highest BCUT2D eigenvalue weighted by Crippen LogP contribution is 2.31. The summed E-state index contributed by atoms with van der Waals surface area (Å²) in [6.45, 7) is -0.262. The SMILES string of the molecule is NC1(c2cccc(F)c2)CCCN(C(=O)C(F)(F)F)C1. The molecule has 0 radical (unpaired) electrons. The first kappa shape index (κ1) is 14.8. The molecule has 0 saturated carbocycles. The highest BCUT2D eigenvalue weighted by molar-refractivity contribution is 5.82. The third kappa shape index (κ3) is 2.92. The van der Waals surface area contributed by atoms with Crippen molar-refractivity contribution in [1.29, 1.82) is 0 Å². The van der Waals surface area contributed by atoms with E-state index in [1.54, 1.807) is 6.07 Å². The molecule has 1 unspecified atom stereocenters. The van der Waals surface area contributed by atoms with E-state index in [0.717, 1.165) is 0 Å². The van der Waals surface area contributed by atoms with Crippen LogP contribution in [0.25, 0.3) is 0 Å². The number of benzene rings is 1. The van der Waals surface area contributed by atoms with E-state index in [2.05, 4.69) is 0 Å². The van der Waals surface area contributed by atoms with Crippen LogP contribution in [-0.2, 0) is 10.3 Å². The molecule has 1 amide bonds. The topological polar surface area (TPSA) is 46.3 Å². The van der Waals surface area contributed by atoms with E-state index < -0.39 is 23.4 Å². The summed E-state index contributed by atoms with van der Waals surface area (Å²) < 4.78 is 50.6. The van der Waals surface area contributed by atoms with Gasteiger partial charge in [-0.25, -0.2) is 4.39 Å². The van der Waals surface area contributed by atoms with Gasteiger partial charge in [-0.1, -0.05) is 12.1 Å². The first-order valence-electron chi connectivity index (χ1n) is 6.13. The lowest BCUT2D eigenvalue weighted by Crippen LogP contribution is -2.56. The van der Waals surface area contributed by atoms with Crippen molar-refractivity contribution in [3.63, 3.8) is 0 Å². The number of carbonyl (C=O) groups excluding carboxylic acids is 1. The number of likely N-dealkylation sites (tertiary alicyclic amines) is 1. The summed E-state index contributed by atoms with van der Waals surface area (Å²) >= 11 is 0. The van der Waals surface area contributed by atoms with Crippen LogP contribution >= 0.6 is 0 Å². The second-order valence-corrected chi connectivity index (χ2v) is 4.99. The molecular weight excluding hydrogens is 276 g/mol. The standard InChI is InChI=1S/C13H14F4N2O/c14-10-4-1-3-9(7-10)12(18)5-2-6-19(8-12)11(20)13(15,16)17/h1,3-4,7H,2,5-6,8,18H2. The van der Waals surface area contributed by atoms with Gasteiger partial charge in [-0.3, -0.25) is 4.79 Å². The molecule has 1 aromatic rings. The van der Waals surface area contributed by atoms with Crippen molar-refractivity contribution in [3.8, 4) is 0 Å². The van der Waals surface area contributed by atoms with Crippen molar-refractivity contribution in [2.24, 2.45) is 5.73 Å². The van der Waals surface area contributed by atoms with Crippen LogP contribution in [0, 0.1) is 5.82 Å². The largest absolute Gasteiger partial charge is 0.471 e. The molecule has 2 rings (SSSR count). The molecule has 1 aliphatic rings. The Kier molecular flexibility index (Phi) is 3.73. The number of nitrogens with zero attached hydrogens (tertiary/aromatic N) is 1. The van der Waals surface area contributed by atoms with Crippen LogP contribution in [0.1, 0.15) is 18.4 Å². The molecule has 0 aromatic heterocycles. The van der Waals surface area contributed by atoms with Gasteiger partial charge >= 0.3 is 12.1 Å². The van der Waals surface area contributed by atoms with Gasteiger partial charge in [-0.15, -0.1) is 0 Å². The number of carbonyl (C=O) groups is 1. The average Bonchev–Trinajstić information content (AvgIpc) is 2.37. The molecule has 110 valence electrons. The van der Waals surface area contributed by atoms with E-state index in [1.807, 2.05) is 0 Å². The van der Waals surface area contributed by atoms with Crippen LogP contribution in [-0.4, -0.2) is 30.1 Å². The monoisotopic (exact) mass is 290 g/mol. The molecule has 0 bridgehead atoms. The summed E-state index contributed by atoms with van der Waals surface area (Å²) in [4.78, 5) is 12.0. The number of rotatable bonds is 1. The Hall–Kier alpha value is -1.63. The van der Waals surface area contributed by atoms with Crippen LogP contribution in [0.5, 0.6) is 0 Å². The zero-order chi connectivity index (χ0) is 15.0. The molecule has 20 heavy (non-hydrogen) atoms. The van der Waals surface area contributed by atoms with Crippen LogP contribution in [0.2, 0.25) is 0 Å². The molecule has 1 fully saturated rings. The van der Waals surface area contributed by atoms with E-state index in [-0.39, 0.29) is 13.1 Å². The minimum atomic E-state index is -4.92. The minimum Gasteiger partial charge on any atom is -0.333 e. The van der Waals surface area contributed by atoms with E-state index in [9.17, 15) is 22.4 Å². The third-order valence-electron chi connectivity index (χ3n) is 3.45. The number of alkyl halides is 3. The van der Waals surface area contributed by atoms with Crippen LogP contribution in [0.3, 0.4) is 0 Å². The van der Waals surface area contributed by atoms with Crippen molar-refractivity contribution >= 4 is 5.91 Å². The molecule has 1 aliphatic heterocycles. The van der Waals surface area contributed by atoms with Gasteiger partial charge in [-0.05, 0) is 30.5 Å². The minimum absolute atomic E-state index is 0.00656. The maximum absolute atomic E-state index is 13.2. The number of amides is 1. The summed E-state index contributed by atoms with van der Waals surface area (Å²) in [5.41, 5.74) is 5.34. The summed E-state index contributed by atoms with van der Waals surface area (Å²) in [6.07, 6.45) is -4.17. The molecule has 2 N–H and O–H groups in total. The van der Waals surface area contributed by atoms with Gasteiger partial charge in [0.15, 0.2) is 0 Å². The number of nitrogens with two attached hydrogens (primary N) is 1. The Labute approximate surface area is 113 Å². The summed E-state index contributed by atoms with van der Waals surface area (Å²) in [5, 5.41) is 0. The Morgan fingerprint density at radius 3 is 2.65 bits per heavy atom. The van der Waals surface area contributed by atoms with Crippen molar-refractivity contribution < 1.29 is 22.4 Å². The molecule has 3 nitrogen and oxygen atoms in total. The zero-order valence-electron chi connectivity index (χ0n) is 10.6. The average molecular weight is 290 g/mol. The molecule has 1 aromatic carbocycles. The molecule has 7 heteroatoms. The second kappa shape index (κ2) is 5.05. The predicted molar refractivity (Wildman–Crippen MR) is 64.1 cm³/mol. The fraction of sp³-hybridized carbons (Fsp3) is 0.462. The van der Waals surface area contributed by atoms with Crippen molar-refractivity contribution in [1.82, 2.24) is 4.90 Å². The van der Waals surface area contributed by atoms with Gasteiger partial charge in [0.05, 0.1) is 5.54 Å². The molecular formula is C13H14F4N2O. The van der Waals surface area contributed by atoms with Crippen LogP contribution in [0.4, 0.5) is 17.6 Å². The van der Waals surface area contributed by atoms with Gasteiger partial charge in [0, 0.05) is 13.1 Å². The van der Waals surface area contributed by atoms with Gasteiger partial charge in [-0.2, -0.15) is 13.2 Å². The summed E-state index contributed by atoms with van der Waals surface area (Å²) in [6, 6.07) is 5.43. The lowest BCUT2D eigenvalue weighted by molar-refractivity contribution is -0.187. The molecule has 1 atom stereocenters. The summed E-state index contributed by atoms with van der Waals surface area (Å²) in [7, 11) is 0. The van der Waals surface area contributed by atoms with E-state index >= 15 is 0 Å². The smallest absolute Gasteiger partial charge is 0.333 e. The van der Waals surface area contributed by atoms with Gasteiger partial charge in [0.1, 0.15) is 5.82 Å². The quantitative estimate of drug-likeness (QED) is 0.806. The second-order valence-electron chi connectivity index (χ2n) is 4.99. The number of piperidine rings is 1. The normalized spacial score (nSPS) is 23.8. The van der Waals surface area contributed by atoms with Crippen molar-refractivity contribution in [2.45, 2.75) is 24.6 Å². The van der Waals surface area contributed by atoms with E-state index in [0.29, 0.717) is 23.3 Å². The number of hydrogen-bond donors (Lipinski definition) is 1. The van der Waals surface area contributed by atoms with E-state index in [1.165, 1.54) is 18.2 Å². The Balaban J connectivity index is 2.23. The fourth-order valence-corrected chi connectivity index (χ4v) is 2.47. The Morgan fingerprint density at radius 2 is 2.05 bits per heavy atom. The Bertz CT molecular complexity index is 517. The first-order valence-corrected chi connectivity index (χ1v) is 6.13. The Morgan fingerprint density at radius 1 is 1.35 bits per heavy atom. The first-order chi connectivity index (χ1) is 9.22. The predicted octanol–water partition coefficient (Wildman–Crippen LogP) is 2.16. The van der Waals surface area contributed by atoms with Crippen LogP contribution in [0.15, 0.2) is 24.3 Å². The zero-order valence-corrected chi connectivity index (χ0v) is 10.6. The van der Waals surface area contributed by atoms with Gasteiger partial charge in [0.2, 0.25) is 0 Å². The maximum atomic E-state index is 13.2. The van der Waals surface area contributed by atoms with Crippen LogP contribution < -0.4 is 5.73 Å². The molecule has 1 heterocycles. The molecule has 0 spiro atoms. The highest BCUT2D eigenvalue weighted by atomic mass is 19.4. The van der Waals surface area contributed by atoms with Gasteiger partial charge in [0.25, 0.3) is 0 Å². The van der Waals surface area contributed by atoms with Crippen molar-refractivity contribution in [2.75, 3.05) is 13.1 Å². The fourth-order valence-electron chi connectivity index (χ4n) is 2.47. The molecule has 0 aliphatic carbocycles. The van der Waals surface area contributed by atoms with E-state index in [4.69, 9.17) is 5.73 Å². The highest BCUT2D eigenvalue weighted by Gasteiger charge is 2.46. The lowest BCUT2D eigenvalue weighted by Gasteiger charge is -2.40. The maximum Gasteiger partial charge on any atom is 0.471 e. The van der Waals surface area contributed by atoms with Gasteiger partial charge < -0.3 is 10.6 Å². The number of halogens is 4.